The van der Waals surface area contributed by atoms with Crippen LogP contribution in [0.1, 0.15) is 19.3 Å². The van der Waals surface area contributed by atoms with Gasteiger partial charge in [0.2, 0.25) is 0 Å². The lowest BCUT2D eigenvalue weighted by molar-refractivity contribution is -0.132. The zero-order valence-electron chi connectivity index (χ0n) is 6.92. The maximum atomic E-state index is 10.5. The van der Waals surface area contributed by atoms with Gasteiger partial charge in [0.15, 0.2) is 0 Å². The van der Waals surface area contributed by atoms with Crippen LogP contribution in [0, 0.1) is 5.92 Å². The van der Waals surface area contributed by atoms with Crippen molar-refractivity contribution in [3.63, 3.8) is 0 Å². The fourth-order valence-corrected chi connectivity index (χ4v) is 1.69. The van der Waals surface area contributed by atoms with Crippen molar-refractivity contribution in [2.45, 2.75) is 25.3 Å². The average molecular weight is 167 g/mol. The summed E-state index contributed by atoms with van der Waals surface area (Å²) in [6.07, 6.45) is 5.38. The summed E-state index contributed by atoms with van der Waals surface area (Å²) < 4.78 is 0. The Bertz CT molecular complexity index is 231. The Hall–Kier alpha value is -0.830. The van der Waals surface area contributed by atoms with Gasteiger partial charge in [0, 0.05) is 18.2 Å². The topological polar surface area (TPSA) is 49.3 Å². The molecule has 0 spiro atoms. The molecule has 0 aromatic carbocycles. The van der Waals surface area contributed by atoms with Crippen molar-refractivity contribution in [2.75, 3.05) is 6.54 Å². The number of carbonyl (C=O) groups is 1. The maximum Gasteiger partial charge on any atom is 0.332 e. The van der Waals surface area contributed by atoms with Gasteiger partial charge >= 0.3 is 5.97 Å². The van der Waals surface area contributed by atoms with E-state index in [4.69, 9.17) is 5.11 Å². The molecule has 1 aliphatic heterocycles. The van der Waals surface area contributed by atoms with E-state index in [0.717, 1.165) is 12.3 Å². The SMILES string of the molecule is O=C(O)C1=CCC(C2CC2)NC1. The molecule has 2 rings (SSSR count). The number of carboxylic acids is 1. The predicted octanol–water partition coefficient (Wildman–Crippen LogP) is 0.769. The van der Waals surface area contributed by atoms with Gasteiger partial charge in [0.05, 0.1) is 0 Å². The molecule has 1 aliphatic carbocycles. The van der Waals surface area contributed by atoms with Gasteiger partial charge < -0.3 is 10.4 Å². The molecular weight excluding hydrogens is 154 g/mol. The second-order valence-corrected chi connectivity index (χ2v) is 3.60. The number of carboxylic acid groups (broad SMARTS) is 1. The van der Waals surface area contributed by atoms with Gasteiger partial charge in [-0.3, -0.25) is 0 Å². The van der Waals surface area contributed by atoms with E-state index in [1.54, 1.807) is 0 Å². The number of hydrogen-bond acceptors (Lipinski definition) is 2. The minimum Gasteiger partial charge on any atom is -0.478 e. The Balaban J connectivity index is 1.94. The Morgan fingerprint density at radius 1 is 1.58 bits per heavy atom. The summed E-state index contributed by atoms with van der Waals surface area (Å²) in [5.41, 5.74) is 0.520. The van der Waals surface area contributed by atoms with Crippen LogP contribution in [0.25, 0.3) is 0 Å². The maximum absolute atomic E-state index is 10.5. The Morgan fingerprint density at radius 3 is 2.75 bits per heavy atom. The minimum atomic E-state index is -0.781. The van der Waals surface area contributed by atoms with Crippen LogP contribution in [0.15, 0.2) is 11.6 Å². The molecule has 66 valence electrons. The number of hydrogen-bond donors (Lipinski definition) is 2. The molecule has 1 atom stereocenters. The molecule has 3 heteroatoms. The number of nitrogens with one attached hydrogen (secondary N) is 1. The first-order valence-corrected chi connectivity index (χ1v) is 4.43. The fourth-order valence-electron chi connectivity index (χ4n) is 1.69. The summed E-state index contributed by atoms with van der Waals surface area (Å²) in [4.78, 5) is 10.5. The summed E-state index contributed by atoms with van der Waals surface area (Å²) in [6, 6.07) is 0.549. The average Bonchev–Trinajstić information content (AvgIpc) is 2.87. The summed E-state index contributed by atoms with van der Waals surface area (Å²) in [7, 11) is 0. The summed E-state index contributed by atoms with van der Waals surface area (Å²) in [6.45, 7) is 0.538. The molecule has 3 nitrogen and oxygen atoms in total. The first-order chi connectivity index (χ1) is 5.77. The van der Waals surface area contributed by atoms with Crippen LogP contribution in [0.4, 0.5) is 0 Å². The lowest BCUT2D eigenvalue weighted by Crippen LogP contribution is -2.36. The highest BCUT2D eigenvalue weighted by molar-refractivity contribution is 5.87. The molecule has 1 saturated carbocycles. The zero-order valence-corrected chi connectivity index (χ0v) is 6.92. The van der Waals surface area contributed by atoms with Crippen LogP contribution in [-0.4, -0.2) is 23.7 Å². The molecule has 0 aromatic heterocycles. The third-order valence-corrected chi connectivity index (χ3v) is 2.64. The molecule has 0 aromatic rings. The molecule has 1 heterocycles. The van der Waals surface area contributed by atoms with E-state index in [-0.39, 0.29) is 0 Å². The standard InChI is InChI=1S/C9H13NO2/c11-9(12)7-3-4-8(10-5-7)6-1-2-6/h3,6,8,10H,1-2,4-5H2,(H,11,12). The largest absolute Gasteiger partial charge is 0.478 e. The van der Waals surface area contributed by atoms with E-state index in [1.165, 1.54) is 12.8 Å². The van der Waals surface area contributed by atoms with E-state index in [2.05, 4.69) is 5.32 Å². The molecular formula is C9H13NO2. The van der Waals surface area contributed by atoms with E-state index >= 15 is 0 Å². The molecule has 1 fully saturated rings. The summed E-state index contributed by atoms with van der Waals surface area (Å²) >= 11 is 0. The van der Waals surface area contributed by atoms with Crippen LogP contribution >= 0.6 is 0 Å². The lowest BCUT2D eigenvalue weighted by Gasteiger charge is -2.21. The fraction of sp³-hybridized carbons (Fsp3) is 0.667. The van der Waals surface area contributed by atoms with E-state index in [0.29, 0.717) is 18.2 Å². The zero-order chi connectivity index (χ0) is 8.55. The molecule has 0 amide bonds. The predicted molar refractivity (Wildman–Crippen MR) is 44.9 cm³/mol. The Morgan fingerprint density at radius 2 is 2.33 bits per heavy atom. The van der Waals surface area contributed by atoms with Gasteiger partial charge in [-0.2, -0.15) is 0 Å². The van der Waals surface area contributed by atoms with Crippen molar-refractivity contribution >= 4 is 5.97 Å². The third kappa shape index (κ3) is 1.50. The molecule has 12 heavy (non-hydrogen) atoms. The van der Waals surface area contributed by atoms with Crippen LogP contribution in [0.3, 0.4) is 0 Å². The van der Waals surface area contributed by atoms with Crippen LogP contribution in [0.5, 0.6) is 0 Å². The molecule has 0 radical (unpaired) electrons. The molecule has 1 unspecified atom stereocenters. The highest BCUT2D eigenvalue weighted by atomic mass is 16.4. The minimum absolute atomic E-state index is 0.520. The second-order valence-electron chi connectivity index (χ2n) is 3.60. The Kier molecular flexibility index (Phi) is 1.89. The van der Waals surface area contributed by atoms with Crippen LogP contribution < -0.4 is 5.32 Å². The first-order valence-electron chi connectivity index (χ1n) is 4.43. The van der Waals surface area contributed by atoms with E-state index in [1.807, 2.05) is 6.08 Å². The molecule has 0 saturated heterocycles. The normalized spacial score (nSPS) is 29.7. The van der Waals surface area contributed by atoms with Gasteiger partial charge in [-0.05, 0) is 25.2 Å². The van der Waals surface area contributed by atoms with Crippen molar-refractivity contribution in [1.29, 1.82) is 0 Å². The van der Waals surface area contributed by atoms with Crippen molar-refractivity contribution in [2.24, 2.45) is 5.92 Å². The third-order valence-electron chi connectivity index (χ3n) is 2.64. The van der Waals surface area contributed by atoms with Gasteiger partial charge in [0.1, 0.15) is 0 Å². The smallest absolute Gasteiger partial charge is 0.332 e. The van der Waals surface area contributed by atoms with Gasteiger partial charge in [-0.15, -0.1) is 0 Å². The van der Waals surface area contributed by atoms with E-state index in [9.17, 15) is 4.79 Å². The summed E-state index contributed by atoms with van der Waals surface area (Å²) in [5.74, 6) is 0.0355. The Labute approximate surface area is 71.5 Å². The van der Waals surface area contributed by atoms with Crippen molar-refractivity contribution < 1.29 is 9.90 Å². The quantitative estimate of drug-likeness (QED) is 0.638. The van der Waals surface area contributed by atoms with Crippen LogP contribution in [0.2, 0.25) is 0 Å². The van der Waals surface area contributed by atoms with E-state index < -0.39 is 5.97 Å². The van der Waals surface area contributed by atoms with Crippen molar-refractivity contribution in [1.82, 2.24) is 5.32 Å². The van der Waals surface area contributed by atoms with Crippen molar-refractivity contribution in [3.8, 4) is 0 Å². The molecule has 0 bridgehead atoms. The first kappa shape index (κ1) is 7.80. The molecule has 2 N–H and O–H groups in total. The summed E-state index contributed by atoms with van der Waals surface area (Å²) in [5, 5.41) is 11.9. The number of aliphatic carboxylic acids is 1. The highest BCUT2D eigenvalue weighted by Crippen LogP contribution is 2.35. The number of rotatable bonds is 2. The van der Waals surface area contributed by atoms with Gasteiger partial charge in [0.25, 0.3) is 0 Å². The van der Waals surface area contributed by atoms with Crippen LogP contribution in [-0.2, 0) is 4.79 Å². The highest BCUT2D eigenvalue weighted by Gasteiger charge is 2.32. The second kappa shape index (κ2) is 2.90. The van der Waals surface area contributed by atoms with Gasteiger partial charge in [-0.1, -0.05) is 6.08 Å². The lowest BCUT2D eigenvalue weighted by atomic mass is 10.0. The van der Waals surface area contributed by atoms with Gasteiger partial charge in [-0.25, -0.2) is 4.79 Å². The monoisotopic (exact) mass is 167 g/mol. The van der Waals surface area contributed by atoms with Crippen molar-refractivity contribution in [3.05, 3.63) is 11.6 Å². The molecule has 2 aliphatic rings.